The molecule has 0 aromatic carbocycles. The molecule has 3 aromatic rings. The Balaban J connectivity index is 2.08. The topological polar surface area (TPSA) is 61.4 Å². The molecule has 3 rings (SSSR count). The molecule has 6 heteroatoms. The third-order valence-corrected chi connectivity index (χ3v) is 3.38. The van der Waals surface area contributed by atoms with Crippen molar-refractivity contribution in [3.63, 3.8) is 0 Å². The number of nitrogens with zero attached hydrogens (tertiary/aromatic N) is 6. The Morgan fingerprint density at radius 3 is 1.86 bits per heavy atom. The van der Waals surface area contributed by atoms with Crippen molar-refractivity contribution in [2.45, 2.75) is 34.6 Å². The van der Waals surface area contributed by atoms with Crippen LogP contribution < -0.4 is 0 Å². The van der Waals surface area contributed by atoms with E-state index in [4.69, 9.17) is 0 Å². The first-order valence-electron chi connectivity index (χ1n) is 6.86. The largest absolute Gasteiger partial charge is 0.251 e. The van der Waals surface area contributed by atoms with Gasteiger partial charge in [-0.1, -0.05) is 0 Å². The molecule has 21 heavy (non-hydrogen) atoms. The predicted octanol–water partition coefficient (Wildman–Crippen LogP) is 2.39. The molecule has 0 bridgehead atoms. The van der Waals surface area contributed by atoms with E-state index in [-0.39, 0.29) is 0 Å². The molecule has 0 spiro atoms. The molecule has 108 valence electrons. The van der Waals surface area contributed by atoms with Gasteiger partial charge < -0.3 is 0 Å². The lowest BCUT2D eigenvalue weighted by atomic mass is 10.3. The molecule has 0 fully saturated rings. The summed E-state index contributed by atoms with van der Waals surface area (Å²) < 4.78 is 3.63. The SMILES string of the molecule is Cc1cc(C)n(-c2ncc(-n3nc(C)cc3C)c(C)n2)n1. The highest BCUT2D eigenvalue weighted by Gasteiger charge is 2.12. The summed E-state index contributed by atoms with van der Waals surface area (Å²) in [5.74, 6) is 0.586. The first-order valence-corrected chi connectivity index (χ1v) is 6.86. The average molecular weight is 282 g/mol. The van der Waals surface area contributed by atoms with Gasteiger partial charge in [0, 0.05) is 11.4 Å². The summed E-state index contributed by atoms with van der Waals surface area (Å²) in [6.45, 7) is 9.91. The minimum Gasteiger partial charge on any atom is -0.234 e. The summed E-state index contributed by atoms with van der Waals surface area (Å²) >= 11 is 0. The zero-order valence-electron chi connectivity index (χ0n) is 12.9. The molecule has 0 radical (unpaired) electrons. The summed E-state index contributed by atoms with van der Waals surface area (Å²) in [5, 5.41) is 8.89. The van der Waals surface area contributed by atoms with Gasteiger partial charge in [0.2, 0.25) is 0 Å². The monoisotopic (exact) mass is 282 g/mol. The highest BCUT2D eigenvalue weighted by atomic mass is 15.4. The molecule has 0 unspecified atom stereocenters. The highest BCUT2D eigenvalue weighted by molar-refractivity contribution is 5.37. The lowest BCUT2D eigenvalue weighted by Gasteiger charge is -2.09. The lowest BCUT2D eigenvalue weighted by molar-refractivity contribution is 0.751. The van der Waals surface area contributed by atoms with Crippen LogP contribution in [-0.2, 0) is 0 Å². The first-order chi connectivity index (χ1) is 9.95. The maximum Gasteiger partial charge on any atom is 0.251 e. The van der Waals surface area contributed by atoms with Gasteiger partial charge in [-0.05, 0) is 46.8 Å². The van der Waals surface area contributed by atoms with Gasteiger partial charge in [0.15, 0.2) is 0 Å². The van der Waals surface area contributed by atoms with Crippen LogP contribution in [0.25, 0.3) is 11.6 Å². The minimum atomic E-state index is 0.586. The zero-order valence-corrected chi connectivity index (χ0v) is 12.9. The van der Waals surface area contributed by atoms with Crippen LogP contribution in [-0.4, -0.2) is 29.5 Å². The molecule has 0 atom stereocenters. The maximum absolute atomic E-state index is 4.57. The Morgan fingerprint density at radius 1 is 0.810 bits per heavy atom. The standard InChI is InChI=1S/C15H18N6/c1-9-6-11(3)20(18-9)14-8-16-15(17-13(14)5)21-12(4)7-10(2)19-21/h6-8H,1-5H3. The van der Waals surface area contributed by atoms with Crippen LogP contribution in [0.5, 0.6) is 0 Å². The zero-order chi connectivity index (χ0) is 15.1. The van der Waals surface area contributed by atoms with E-state index in [0.717, 1.165) is 34.2 Å². The molecular formula is C15H18N6. The van der Waals surface area contributed by atoms with Crippen LogP contribution in [0.3, 0.4) is 0 Å². The summed E-state index contributed by atoms with van der Waals surface area (Å²) in [6, 6.07) is 4.04. The second-order valence-corrected chi connectivity index (χ2v) is 5.32. The normalized spacial score (nSPS) is 11.1. The van der Waals surface area contributed by atoms with Crippen LogP contribution in [0.2, 0.25) is 0 Å². The van der Waals surface area contributed by atoms with E-state index in [1.54, 1.807) is 10.9 Å². The molecular weight excluding hydrogens is 264 g/mol. The van der Waals surface area contributed by atoms with Gasteiger partial charge in [-0.3, -0.25) is 0 Å². The molecule has 6 nitrogen and oxygen atoms in total. The van der Waals surface area contributed by atoms with E-state index in [2.05, 4.69) is 20.2 Å². The van der Waals surface area contributed by atoms with Gasteiger partial charge in [0.25, 0.3) is 5.95 Å². The van der Waals surface area contributed by atoms with Crippen molar-refractivity contribution in [3.8, 4) is 11.6 Å². The first kappa shape index (κ1) is 13.5. The number of hydrogen-bond acceptors (Lipinski definition) is 4. The van der Waals surface area contributed by atoms with Gasteiger partial charge in [0.05, 0.1) is 23.3 Å². The van der Waals surface area contributed by atoms with Crippen molar-refractivity contribution in [3.05, 3.63) is 46.8 Å². The van der Waals surface area contributed by atoms with E-state index in [1.807, 2.05) is 51.4 Å². The second kappa shape index (κ2) is 4.80. The fourth-order valence-corrected chi connectivity index (χ4v) is 2.46. The van der Waals surface area contributed by atoms with Gasteiger partial charge in [-0.25, -0.2) is 19.3 Å². The summed E-state index contributed by atoms with van der Waals surface area (Å²) in [4.78, 5) is 9.01. The average Bonchev–Trinajstić information content (AvgIpc) is 2.91. The Morgan fingerprint density at radius 2 is 1.38 bits per heavy atom. The van der Waals surface area contributed by atoms with Crippen LogP contribution in [0, 0.1) is 34.6 Å². The summed E-state index contributed by atoms with van der Waals surface area (Å²) in [5.41, 5.74) is 5.79. The van der Waals surface area contributed by atoms with Crippen molar-refractivity contribution < 1.29 is 0 Å². The molecule has 0 aliphatic carbocycles. The number of rotatable bonds is 2. The summed E-state index contributed by atoms with van der Waals surface area (Å²) in [6.07, 6.45) is 1.80. The fourth-order valence-electron chi connectivity index (χ4n) is 2.46. The van der Waals surface area contributed by atoms with E-state index in [1.165, 1.54) is 0 Å². The molecule has 0 saturated heterocycles. The fraction of sp³-hybridized carbons (Fsp3) is 0.333. The van der Waals surface area contributed by atoms with Gasteiger partial charge in [-0.15, -0.1) is 0 Å². The molecule has 0 aliphatic heterocycles. The molecule has 0 N–H and O–H groups in total. The lowest BCUT2D eigenvalue weighted by Crippen LogP contribution is -2.10. The minimum absolute atomic E-state index is 0.586. The second-order valence-electron chi connectivity index (χ2n) is 5.32. The highest BCUT2D eigenvalue weighted by Crippen LogP contribution is 2.16. The number of hydrogen-bond donors (Lipinski definition) is 0. The van der Waals surface area contributed by atoms with E-state index in [0.29, 0.717) is 5.95 Å². The Bertz CT molecular complexity index is 812. The Kier molecular flexibility index (Phi) is 3.08. The van der Waals surface area contributed by atoms with Crippen LogP contribution in [0.15, 0.2) is 18.3 Å². The van der Waals surface area contributed by atoms with Crippen molar-refractivity contribution in [1.82, 2.24) is 29.5 Å². The van der Waals surface area contributed by atoms with E-state index in [9.17, 15) is 0 Å². The van der Waals surface area contributed by atoms with Crippen molar-refractivity contribution in [1.29, 1.82) is 0 Å². The smallest absolute Gasteiger partial charge is 0.234 e. The quantitative estimate of drug-likeness (QED) is 0.724. The van der Waals surface area contributed by atoms with E-state index >= 15 is 0 Å². The van der Waals surface area contributed by atoms with Crippen LogP contribution >= 0.6 is 0 Å². The van der Waals surface area contributed by atoms with Crippen molar-refractivity contribution in [2.75, 3.05) is 0 Å². The van der Waals surface area contributed by atoms with Gasteiger partial charge in [0.1, 0.15) is 5.69 Å². The Hall–Kier alpha value is -2.50. The third-order valence-electron chi connectivity index (χ3n) is 3.38. The number of aryl methyl sites for hydroxylation is 5. The predicted molar refractivity (Wildman–Crippen MR) is 80.0 cm³/mol. The number of aromatic nitrogens is 6. The molecule has 0 amide bonds. The van der Waals surface area contributed by atoms with Gasteiger partial charge >= 0.3 is 0 Å². The van der Waals surface area contributed by atoms with Gasteiger partial charge in [-0.2, -0.15) is 10.2 Å². The van der Waals surface area contributed by atoms with Crippen LogP contribution in [0.4, 0.5) is 0 Å². The third kappa shape index (κ3) is 2.33. The Labute approximate surface area is 123 Å². The van der Waals surface area contributed by atoms with Crippen molar-refractivity contribution in [2.24, 2.45) is 0 Å². The molecule has 3 heterocycles. The maximum atomic E-state index is 4.57. The van der Waals surface area contributed by atoms with E-state index < -0.39 is 0 Å². The molecule has 3 aromatic heterocycles. The van der Waals surface area contributed by atoms with Crippen molar-refractivity contribution >= 4 is 0 Å². The molecule has 0 saturated carbocycles. The molecule has 0 aliphatic rings. The van der Waals surface area contributed by atoms with Crippen LogP contribution in [0.1, 0.15) is 28.5 Å². The summed E-state index contributed by atoms with van der Waals surface area (Å²) in [7, 11) is 0.